The van der Waals surface area contributed by atoms with E-state index in [1.165, 1.54) is 12.1 Å². The maximum absolute atomic E-state index is 14.9. The Labute approximate surface area is 189 Å². The van der Waals surface area contributed by atoms with Gasteiger partial charge in [0.1, 0.15) is 11.6 Å². The van der Waals surface area contributed by atoms with Gasteiger partial charge in [-0.1, -0.05) is 0 Å². The van der Waals surface area contributed by atoms with Crippen LogP contribution in [0.4, 0.5) is 33.1 Å². The monoisotopic (exact) mass is 459 g/mol. The predicted molar refractivity (Wildman–Crippen MR) is 121 cm³/mol. The Morgan fingerprint density at radius 3 is 2.36 bits per heavy atom. The number of carboxylic acid groups (broad SMARTS) is 1. The molecule has 1 aromatic heterocycles. The molecule has 10 nitrogen and oxygen atoms in total. The number of nitrogens with one attached hydrogen (secondary N) is 1. The summed E-state index contributed by atoms with van der Waals surface area (Å²) in [7, 11) is 0. The molecule has 3 N–H and O–H groups in total. The molecule has 0 saturated carbocycles. The number of aromatic nitrogens is 1. The molecule has 0 radical (unpaired) electrons. The van der Waals surface area contributed by atoms with Crippen LogP contribution in [0.25, 0.3) is 0 Å². The third-order valence-corrected chi connectivity index (χ3v) is 6.24. The van der Waals surface area contributed by atoms with E-state index in [4.69, 9.17) is 5.11 Å². The number of anilines is 4. The van der Waals surface area contributed by atoms with Crippen LogP contribution in [0.15, 0.2) is 30.3 Å². The van der Waals surface area contributed by atoms with Crippen molar-refractivity contribution in [2.45, 2.75) is 31.8 Å². The van der Waals surface area contributed by atoms with E-state index >= 15 is 0 Å². The van der Waals surface area contributed by atoms with Crippen molar-refractivity contribution in [2.24, 2.45) is 5.92 Å². The maximum atomic E-state index is 14.9. The highest BCUT2D eigenvalue weighted by Gasteiger charge is 2.26. The molecule has 3 heterocycles. The Morgan fingerprint density at radius 2 is 1.76 bits per heavy atom. The molecule has 0 atom stereocenters. The number of pyridine rings is 1. The van der Waals surface area contributed by atoms with Crippen molar-refractivity contribution in [1.82, 2.24) is 4.98 Å². The lowest BCUT2D eigenvalue weighted by Crippen LogP contribution is -2.36. The summed E-state index contributed by atoms with van der Waals surface area (Å²) in [6.07, 6.45) is 1.74. The summed E-state index contributed by atoms with van der Waals surface area (Å²) >= 11 is 0. The lowest BCUT2D eigenvalue weighted by Gasteiger charge is -2.32. The number of hydrogen-bond donors (Lipinski definition) is 3. The SMILES string of the molecule is O=C(O)C1CCN(c2ccc(Nc3nc(N4CCC(O)CC4)ccc3[N+](=O)[O-])cc2F)CC1. The van der Waals surface area contributed by atoms with Gasteiger partial charge in [-0.3, -0.25) is 14.9 Å². The summed E-state index contributed by atoms with van der Waals surface area (Å²) in [6.45, 7) is 2.07. The number of aliphatic hydroxyl groups excluding tert-OH is 1. The topological polar surface area (TPSA) is 132 Å². The van der Waals surface area contributed by atoms with E-state index < -0.39 is 22.6 Å². The second-order valence-electron chi connectivity index (χ2n) is 8.40. The first kappa shape index (κ1) is 22.7. The Balaban J connectivity index is 1.52. The van der Waals surface area contributed by atoms with Crippen LogP contribution < -0.4 is 15.1 Å². The van der Waals surface area contributed by atoms with E-state index in [1.54, 1.807) is 18.2 Å². The fourth-order valence-electron chi connectivity index (χ4n) is 4.30. The first-order valence-corrected chi connectivity index (χ1v) is 10.9. The number of halogens is 1. The van der Waals surface area contributed by atoms with Gasteiger partial charge >= 0.3 is 11.7 Å². The largest absolute Gasteiger partial charge is 0.481 e. The number of benzene rings is 1. The minimum absolute atomic E-state index is 0.0121. The van der Waals surface area contributed by atoms with Gasteiger partial charge < -0.3 is 25.3 Å². The van der Waals surface area contributed by atoms with Crippen molar-refractivity contribution in [2.75, 3.05) is 41.3 Å². The van der Waals surface area contributed by atoms with E-state index in [-0.39, 0.29) is 17.6 Å². The average Bonchev–Trinajstić information content (AvgIpc) is 2.79. The quantitative estimate of drug-likeness (QED) is 0.440. The molecule has 2 aliphatic heterocycles. The van der Waals surface area contributed by atoms with E-state index in [0.29, 0.717) is 69.1 Å². The minimum Gasteiger partial charge on any atom is -0.481 e. The summed E-state index contributed by atoms with van der Waals surface area (Å²) in [6, 6.07) is 7.41. The van der Waals surface area contributed by atoms with Crippen molar-refractivity contribution >= 4 is 34.7 Å². The highest BCUT2D eigenvalue weighted by molar-refractivity contribution is 5.71. The summed E-state index contributed by atoms with van der Waals surface area (Å²) in [5.41, 5.74) is 0.460. The van der Waals surface area contributed by atoms with Crippen molar-refractivity contribution < 1.29 is 24.3 Å². The first-order valence-electron chi connectivity index (χ1n) is 10.9. The number of rotatable bonds is 6. The van der Waals surface area contributed by atoms with Gasteiger partial charge in [-0.05, 0) is 49.9 Å². The van der Waals surface area contributed by atoms with Gasteiger partial charge in [-0.2, -0.15) is 0 Å². The van der Waals surface area contributed by atoms with Crippen LogP contribution in [0.2, 0.25) is 0 Å². The molecule has 2 saturated heterocycles. The molecule has 176 valence electrons. The average molecular weight is 459 g/mol. The van der Waals surface area contributed by atoms with Gasteiger partial charge in [0, 0.05) is 37.9 Å². The van der Waals surface area contributed by atoms with Gasteiger partial charge in [-0.15, -0.1) is 0 Å². The molecule has 0 amide bonds. The van der Waals surface area contributed by atoms with Gasteiger partial charge in [0.05, 0.1) is 22.6 Å². The van der Waals surface area contributed by atoms with Crippen LogP contribution in [0.3, 0.4) is 0 Å². The maximum Gasteiger partial charge on any atom is 0.311 e. The fourth-order valence-corrected chi connectivity index (χ4v) is 4.30. The van der Waals surface area contributed by atoms with E-state index in [0.717, 1.165) is 0 Å². The van der Waals surface area contributed by atoms with Gasteiger partial charge in [-0.25, -0.2) is 9.37 Å². The van der Waals surface area contributed by atoms with Gasteiger partial charge in [0.2, 0.25) is 5.82 Å². The Bertz CT molecular complexity index is 1040. The number of carbonyl (C=O) groups is 1. The van der Waals surface area contributed by atoms with E-state index in [2.05, 4.69) is 10.3 Å². The number of nitro groups is 1. The summed E-state index contributed by atoms with van der Waals surface area (Å²) in [4.78, 5) is 30.3. The van der Waals surface area contributed by atoms with Gasteiger partial charge in [0.15, 0.2) is 0 Å². The zero-order chi connectivity index (χ0) is 23.5. The number of piperidine rings is 2. The summed E-state index contributed by atoms with van der Waals surface area (Å²) < 4.78 is 14.9. The molecule has 0 bridgehead atoms. The zero-order valence-electron chi connectivity index (χ0n) is 18.0. The zero-order valence-corrected chi connectivity index (χ0v) is 18.0. The van der Waals surface area contributed by atoms with Crippen LogP contribution in [0.5, 0.6) is 0 Å². The standard InChI is InChI=1S/C22H26FN5O5/c23-17-13-15(1-2-18(17)26-9-5-14(6-10-26)22(30)31)24-21-19(28(32)33)3-4-20(25-21)27-11-7-16(29)8-12-27/h1-4,13-14,16,29H,5-12H2,(H,24,25)(H,30,31). The van der Waals surface area contributed by atoms with Crippen molar-refractivity contribution in [3.8, 4) is 0 Å². The highest BCUT2D eigenvalue weighted by Crippen LogP contribution is 2.32. The summed E-state index contributed by atoms with van der Waals surface area (Å²) in [5.74, 6) is -1.18. The molecule has 33 heavy (non-hydrogen) atoms. The lowest BCUT2D eigenvalue weighted by atomic mass is 9.96. The predicted octanol–water partition coefficient (Wildman–Crippen LogP) is 3.13. The molecule has 2 aliphatic rings. The van der Waals surface area contributed by atoms with Crippen LogP contribution in [0.1, 0.15) is 25.7 Å². The molecule has 11 heteroatoms. The molecule has 2 fully saturated rings. The second kappa shape index (κ2) is 9.57. The number of aliphatic carboxylic acids is 1. The number of hydrogen-bond acceptors (Lipinski definition) is 8. The molecule has 1 aromatic carbocycles. The van der Waals surface area contributed by atoms with Crippen LogP contribution in [0, 0.1) is 21.8 Å². The number of nitrogens with zero attached hydrogens (tertiary/aromatic N) is 4. The Hall–Kier alpha value is -3.47. The molecule has 0 aliphatic carbocycles. The normalized spacial score (nSPS) is 17.8. The van der Waals surface area contributed by atoms with Crippen LogP contribution in [-0.4, -0.2) is 58.4 Å². The molecular weight excluding hydrogens is 433 g/mol. The molecule has 0 unspecified atom stereocenters. The first-order chi connectivity index (χ1) is 15.8. The van der Waals surface area contributed by atoms with Crippen molar-refractivity contribution in [1.29, 1.82) is 0 Å². The molecule has 4 rings (SSSR count). The van der Waals surface area contributed by atoms with Crippen LogP contribution >= 0.6 is 0 Å². The van der Waals surface area contributed by atoms with E-state index in [9.17, 15) is 24.4 Å². The lowest BCUT2D eigenvalue weighted by molar-refractivity contribution is -0.384. The third kappa shape index (κ3) is 5.14. The fraction of sp³-hybridized carbons (Fsp3) is 0.455. The van der Waals surface area contributed by atoms with Crippen molar-refractivity contribution in [3.63, 3.8) is 0 Å². The second-order valence-corrected chi connectivity index (χ2v) is 8.40. The summed E-state index contributed by atoms with van der Waals surface area (Å²) in [5, 5.41) is 33.2. The smallest absolute Gasteiger partial charge is 0.311 e. The molecular formula is C22H26FN5O5. The molecule has 2 aromatic rings. The Morgan fingerprint density at radius 1 is 1.09 bits per heavy atom. The van der Waals surface area contributed by atoms with Crippen LogP contribution in [-0.2, 0) is 4.79 Å². The third-order valence-electron chi connectivity index (χ3n) is 6.24. The molecule has 0 spiro atoms. The van der Waals surface area contributed by atoms with Gasteiger partial charge in [0.25, 0.3) is 0 Å². The van der Waals surface area contributed by atoms with Crippen molar-refractivity contribution in [3.05, 3.63) is 46.3 Å². The minimum atomic E-state index is -0.827. The highest BCUT2D eigenvalue weighted by atomic mass is 19.1. The number of aliphatic hydroxyl groups is 1. The Kier molecular flexibility index (Phi) is 6.59. The van der Waals surface area contributed by atoms with E-state index in [1.807, 2.05) is 9.80 Å². The number of carboxylic acids is 1.